The highest BCUT2D eigenvalue weighted by Gasteiger charge is 2.12. The average molecular weight is 253 g/mol. The van der Waals surface area contributed by atoms with E-state index in [4.69, 9.17) is 4.74 Å². The number of aliphatic hydroxyl groups is 1. The molecule has 0 saturated carbocycles. The number of hydrogen-bond donors (Lipinski definition) is 1. The maximum absolute atomic E-state index is 13.6. The number of nitrogens with zero attached hydrogens (tertiary/aromatic N) is 1. The van der Waals surface area contributed by atoms with Gasteiger partial charge in [-0.25, -0.2) is 4.39 Å². The fourth-order valence-electron chi connectivity index (χ4n) is 2.24. The van der Waals surface area contributed by atoms with Gasteiger partial charge in [-0.3, -0.25) is 4.90 Å². The van der Waals surface area contributed by atoms with Crippen LogP contribution in [-0.4, -0.2) is 36.2 Å². The molecule has 1 saturated heterocycles. The van der Waals surface area contributed by atoms with Crippen molar-refractivity contribution in [1.29, 1.82) is 0 Å². The second kappa shape index (κ2) is 6.16. The van der Waals surface area contributed by atoms with Gasteiger partial charge in [-0.1, -0.05) is 0 Å². The van der Waals surface area contributed by atoms with Gasteiger partial charge in [0.15, 0.2) is 0 Å². The molecule has 0 aromatic heterocycles. The summed E-state index contributed by atoms with van der Waals surface area (Å²) in [6.07, 6.45) is 1.73. The molecule has 3 nitrogen and oxygen atoms in total. The Hall–Kier alpha value is -1.13. The summed E-state index contributed by atoms with van der Waals surface area (Å²) in [5.74, 6) is 0.111. The van der Waals surface area contributed by atoms with Gasteiger partial charge in [-0.15, -0.1) is 0 Å². The van der Waals surface area contributed by atoms with Crippen LogP contribution in [0.15, 0.2) is 18.2 Å². The molecule has 1 aromatic carbocycles. The number of hydrogen-bond acceptors (Lipinski definition) is 3. The standard InChI is InChI=1S/C14H20FNO2/c1-11(17)13-5-4-12(10-14(13)15)18-9-8-16-6-2-3-7-16/h4-5,10-11,17H,2-3,6-9H2,1H3/t11-/m1/s1. The van der Waals surface area contributed by atoms with E-state index < -0.39 is 11.9 Å². The van der Waals surface area contributed by atoms with Gasteiger partial charge in [0.05, 0.1) is 6.10 Å². The van der Waals surface area contributed by atoms with E-state index in [1.807, 2.05) is 0 Å². The number of halogens is 1. The predicted octanol–water partition coefficient (Wildman–Crippen LogP) is 2.35. The second-order valence-electron chi connectivity index (χ2n) is 4.76. The molecule has 1 aliphatic rings. The maximum atomic E-state index is 13.6. The highest BCUT2D eigenvalue weighted by atomic mass is 19.1. The van der Waals surface area contributed by atoms with Gasteiger partial charge < -0.3 is 9.84 Å². The molecule has 0 bridgehead atoms. The molecular formula is C14H20FNO2. The van der Waals surface area contributed by atoms with E-state index in [1.165, 1.54) is 18.9 Å². The second-order valence-corrected chi connectivity index (χ2v) is 4.76. The Morgan fingerprint density at radius 1 is 1.39 bits per heavy atom. The first kappa shape index (κ1) is 13.3. The molecule has 1 N–H and O–H groups in total. The highest BCUT2D eigenvalue weighted by Crippen LogP contribution is 2.21. The quantitative estimate of drug-likeness (QED) is 0.874. The third-order valence-electron chi connectivity index (χ3n) is 3.30. The van der Waals surface area contributed by atoms with Crippen LogP contribution in [0.2, 0.25) is 0 Å². The number of ether oxygens (including phenoxy) is 1. The Kier molecular flexibility index (Phi) is 4.55. The van der Waals surface area contributed by atoms with E-state index in [0.717, 1.165) is 19.6 Å². The van der Waals surface area contributed by atoms with Crippen molar-refractivity contribution in [2.75, 3.05) is 26.2 Å². The van der Waals surface area contributed by atoms with Gasteiger partial charge in [0.2, 0.25) is 0 Å². The van der Waals surface area contributed by atoms with E-state index >= 15 is 0 Å². The zero-order chi connectivity index (χ0) is 13.0. The van der Waals surface area contributed by atoms with Crippen molar-refractivity contribution in [3.8, 4) is 5.75 Å². The zero-order valence-electron chi connectivity index (χ0n) is 10.7. The molecule has 4 heteroatoms. The minimum Gasteiger partial charge on any atom is -0.492 e. The normalized spacial score (nSPS) is 17.9. The fourth-order valence-corrected chi connectivity index (χ4v) is 2.24. The lowest BCUT2D eigenvalue weighted by atomic mass is 10.1. The van der Waals surface area contributed by atoms with Crippen molar-refractivity contribution in [1.82, 2.24) is 4.90 Å². The topological polar surface area (TPSA) is 32.7 Å². The fraction of sp³-hybridized carbons (Fsp3) is 0.571. The molecular weight excluding hydrogens is 233 g/mol. The van der Waals surface area contributed by atoms with E-state index in [0.29, 0.717) is 17.9 Å². The lowest BCUT2D eigenvalue weighted by molar-refractivity contribution is 0.193. The van der Waals surface area contributed by atoms with Gasteiger partial charge in [-0.05, 0) is 45.0 Å². The number of rotatable bonds is 5. The minimum absolute atomic E-state index is 0.307. The SMILES string of the molecule is C[C@@H](O)c1ccc(OCCN2CCCC2)cc1F. The summed E-state index contributed by atoms with van der Waals surface area (Å²) in [6.45, 7) is 5.29. The Bertz CT molecular complexity index is 389. The zero-order valence-corrected chi connectivity index (χ0v) is 10.7. The molecule has 0 aliphatic carbocycles. The van der Waals surface area contributed by atoms with Crippen LogP contribution >= 0.6 is 0 Å². The van der Waals surface area contributed by atoms with Crippen molar-refractivity contribution in [3.63, 3.8) is 0 Å². The molecule has 2 rings (SSSR count). The summed E-state index contributed by atoms with van der Waals surface area (Å²) < 4.78 is 19.1. The van der Waals surface area contributed by atoms with Crippen LogP contribution in [-0.2, 0) is 0 Å². The molecule has 18 heavy (non-hydrogen) atoms. The van der Waals surface area contributed by atoms with Crippen LogP contribution in [0.25, 0.3) is 0 Å². The summed E-state index contributed by atoms with van der Waals surface area (Å²) in [5, 5.41) is 9.33. The van der Waals surface area contributed by atoms with Crippen LogP contribution in [0.1, 0.15) is 31.4 Å². The maximum Gasteiger partial charge on any atom is 0.132 e. The number of aliphatic hydroxyl groups excluding tert-OH is 1. The summed E-state index contributed by atoms with van der Waals surface area (Å²) >= 11 is 0. The highest BCUT2D eigenvalue weighted by molar-refractivity contribution is 5.29. The van der Waals surface area contributed by atoms with E-state index in [9.17, 15) is 9.50 Å². The lowest BCUT2D eigenvalue weighted by Crippen LogP contribution is -2.25. The lowest BCUT2D eigenvalue weighted by Gasteiger charge is -2.15. The average Bonchev–Trinajstić information content (AvgIpc) is 2.81. The minimum atomic E-state index is -0.788. The third kappa shape index (κ3) is 3.43. The van der Waals surface area contributed by atoms with E-state index in [-0.39, 0.29) is 0 Å². The molecule has 1 heterocycles. The Morgan fingerprint density at radius 3 is 2.72 bits per heavy atom. The summed E-state index contributed by atoms with van der Waals surface area (Å²) in [4.78, 5) is 2.35. The van der Waals surface area contributed by atoms with Crippen LogP contribution in [0.4, 0.5) is 4.39 Å². The summed E-state index contributed by atoms with van der Waals surface area (Å²) in [5.41, 5.74) is 0.307. The van der Waals surface area contributed by atoms with Crippen molar-refractivity contribution in [3.05, 3.63) is 29.6 Å². The van der Waals surface area contributed by atoms with Gasteiger partial charge in [0.25, 0.3) is 0 Å². The Labute approximate surface area is 107 Å². The third-order valence-corrected chi connectivity index (χ3v) is 3.30. The van der Waals surface area contributed by atoms with Gasteiger partial charge in [-0.2, -0.15) is 0 Å². The number of benzene rings is 1. The van der Waals surface area contributed by atoms with Crippen LogP contribution in [0, 0.1) is 5.82 Å². The van der Waals surface area contributed by atoms with Crippen molar-refractivity contribution < 1.29 is 14.2 Å². The van der Waals surface area contributed by atoms with Crippen LogP contribution < -0.4 is 4.74 Å². The van der Waals surface area contributed by atoms with Crippen molar-refractivity contribution in [2.45, 2.75) is 25.9 Å². The first-order valence-corrected chi connectivity index (χ1v) is 6.49. The molecule has 0 unspecified atom stereocenters. The van der Waals surface area contributed by atoms with Gasteiger partial charge >= 0.3 is 0 Å². The Balaban J connectivity index is 1.84. The van der Waals surface area contributed by atoms with Crippen molar-refractivity contribution >= 4 is 0 Å². The molecule has 1 aromatic rings. The van der Waals surface area contributed by atoms with Gasteiger partial charge in [0.1, 0.15) is 18.2 Å². The first-order chi connectivity index (χ1) is 8.66. The number of likely N-dealkylation sites (tertiary alicyclic amines) is 1. The summed E-state index contributed by atoms with van der Waals surface area (Å²) in [6, 6.07) is 4.62. The molecule has 0 radical (unpaired) electrons. The molecule has 0 amide bonds. The molecule has 1 atom stereocenters. The van der Waals surface area contributed by atoms with Crippen LogP contribution in [0.5, 0.6) is 5.75 Å². The van der Waals surface area contributed by atoms with Crippen LogP contribution in [0.3, 0.4) is 0 Å². The first-order valence-electron chi connectivity index (χ1n) is 6.49. The van der Waals surface area contributed by atoms with E-state index in [2.05, 4.69) is 4.90 Å². The molecule has 1 aliphatic heterocycles. The molecule has 0 spiro atoms. The molecule has 100 valence electrons. The Morgan fingerprint density at radius 2 is 2.11 bits per heavy atom. The predicted molar refractivity (Wildman–Crippen MR) is 68.2 cm³/mol. The van der Waals surface area contributed by atoms with Gasteiger partial charge in [0, 0.05) is 18.2 Å². The van der Waals surface area contributed by atoms with Crippen molar-refractivity contribution in [2.24, 2.45) is 0 Å². The monoisotopic (exact) mass is 253 g/mol. The molecule has 1 fully saturated rings. The largest absolute Gasteiger partial charge is 0.492 e. The summed E-state index contributed by atoms with van der Waals surface area (Å²) in [7, 11) is 0. The van der Waals surface area contributed by atoms with E-state index in [1.54, 1.807) is 19.1 Å². The smallest absolute Gasteiger partial charge is 0.132 e.